The van der Waals surface area contributed by atoms with Crippen molar-refractivity contribution in [1.29, 1.82) is 0 Å². The van der Waals surface area contributed by atoms with Crippen LogP contribution >= 0.6 is 0 Å². The lowest BCUT2D eigenvalue weighted by atomic mass is 10.2. The normalized spacial score (nSPS) is 23.8. The number of carbonyl (C=O) groups excluding carboxylic acids is 2. The molecule has 0 radical (unpaired) electrons. The third-order valence-electron chi connectivity index (χ3n) is 1.37. The molecule has 60 valence electrons. The van der Waals surface area contributed by atoms with Gasteiger partial charge in [0.15, 0.2) is 0 Å². The van der Waals surface area contributed by atoms with E-state index in [1.54, 1.807) is 6.08 Å². The first-order valence-corrected chi connectivity index (χ1v) is 3.22. The van der Waals surface area contributed by atoms with E-state index in [-0.39, 0.29) is 5.91 Å². The molecule has 1 rings (SSSR count). The van der Waals surface area contributed by atoms with Crippen LogP contribution in [0, 0.1) is 0 Å². The van der Waals surface area contributed by atoms with Crippen LogP contribution in [0.1, 0.15) is 6.42 Å². The highest BCUT2D eigenvalue weighted by atomic mass is 16.2. The number of imide groups is 1. The molecule has 1 heterocycles. The van der Waals surface area contributed by atoms with E-state index in [1.165, 1.54) is 6.20 Å². The molecule has 1 fully saturated rings. The van der Waals surface area contributed by atoms with Crippen LogP contribution in [-0.2, 0) is 4.79 Å². The van der Waals surface area contributed by atoms with E-state index in [0.717, 1.165) is 0 Å². The number of rotatable bonds is 2. The first kappa shape index (κ1) is 7.59. The fourth-order valence-corrected chi connectivity index (χ4v) is 0.840. The van der Waals surface area contributed by atoms with Gasteiger partial charge in [-0.2, -0.15) is 0 Å². The van der Waals surface area contributed by atoms with Crippen molar-refractivity contribution in [3.8, 4) is 0 Å². The molecule has 5 nitrogen and oxygen atoms in total. The molecule has 0 saturated carbocycles. The molecular weight excluding hydrogens is 146 g/mol. The highest BCUT2D eigenvalue weighted by molar-refractivity contribution is 6.04. The second-order valence-electron chi connectivity index (χ2n) is 2.18. The van der Waals surface area contributed by atoms with Gasteiger partial charge in [-0.15, -0.1) is 0 Å². The standard InChI is InChI=1S/C6H9N3O2/c7-3-1-2-4-5(10)9-6(11)8-4/h1,3-4H,2,7H2,(H2,8,9,10,11). The molecule has 5 heteroatoms. The molecule has 11 heavy (non-hydrogen) atoms. The number of hydrogen-bond donors (Lipinski definition) is 3. The van der Waals surface area contributed by atoms with Gasteiger partial charge in [0, 0.05) is 0 Å². The minimum atomic E-state index is -0.456. The molecule has 1 unspecified atom stereocenters. The highest BCUT2D eigenvalue weighted by Gasteiger charge is 2.27. The summed E-state index contributed by atoms with van der Waals surface area (Å²) in [4.78, 5) is 21.4. The first-order valence-electron chi connectivity index (χ1n) is 3.22. The molecule has 0 bridgehead atoms. The van der Waals surface area contributed by atoms with Crippen LogP contribution in [0.5, 0.6) is 0 Å². The van der Waals surface area contributed by atoms with Gasteiger partial charge in [0.05, 0.1) is 0 Å². The molecule has 1 aliphatic rings. The van der Waals surface area contributed by atoms with Crippen molar-refractivity contribution >= 4 is 11.9 Å². The zero-order chi connectivity index (χ0) is 8.27. The Morgan fingerprint density at radius 1 is 1.55 bits per heavy atom. The Morgan fingerprint density at radius 2 is 2.27 bits per heavy atom. The summed E-state index contributed by atoms with van der Waals surface area (Å²) >= 11 is 0. The predicted molar refractivity (Wildman–Crippen MR) is 38.4 cm³/mol. The van der Waals surface area contributed by atoms with E-state index < -0.39 is 12.1 Å². The Bertz CT molecular complexity index is 212. The lowest BCUT2D eigenvalue weighted by Gasteiger charge is -2.00. The average Bonchev–Trinajstić information content (AvgIpc) is 2.26. The first-order chi connectivity index (χ1) is 5.24. The number of urea groups is 1. The van der Waals surface area contributed by atoms with Crippen LogP contribution in [0.25, 0.3) is 0 Å². The summed E-state index contributed by atoms with van der Waals surface area (Å²) in [6.07, 6.45) is 3.40. The third kappa shape index (κ3) is 1.70. The molecule has 0 aromatic carbocycles. The van der Waals surface area contributed by atoms with E-state index in [9.17, 15) is 9.59 Å². The van der Waals surface area contributed by atoms with E-state index in [0.29, 0.717) is 6.42 Å². The Hall–Kier alpha value is -1.52. The van der Waals surface area contributed by atoms with E-state index in [4.69, 9.17) is 5.73 Å². The summed E-state index contributed by atoms with van der Waals surface area (Å²) in [5, 5.41) is 4.54. The molecular formula is C6H9N3O2. The van der Waals surface area contributed by atoms with Gasteiger partial charge in [0.2, 0.25) is 0 Å². The Kier molecular flexibility index (Phi) is 2.10. The summed E-state index contributed by atoms with van der Waals surface area (Å²) in [7, 11) is 0. The number of amides is 3. The van der Waals surface area contributed by atoms with Gasteiger partial charge in [-0.25, -0.2) is 4.79 Å². The Morgan fingerprint density at radius 3 is 2.73 bits per heavy atom. The zero-order valence-corrected chi connectivity index (χ0v) is 5.83. The van der Waals surface area contributed by atoms with Crippen molar-refractivity contribution in [1.82, 2.24) is 10.6 Å². The minimum Gasteiger partial charge on any atom is -0.405 e. The molecule has 0 spiro atoms. The topological polar surface area (TPSA) is 84.2 Å². The van der Waals surface area contributed by atoms with E-state index in [2.05, 4.69) is 10.6 Å². The largest absolute Gasteiger partial charge is 0.405 e. The van der Waals surface area contributed by atoms with Crippen molar-refractivity contribution in [3.05, 3.63) is 12.3 Å². The molecule has 1 atom stereocenters. The van der Waals surface area contributed by atoms with Crippen LogP contribution in [0.15, 0.2) is 12.3 Å². The van der Waals surface area contributed by atoms with Crippen LogP contribution < -0.4 is 16.4 Å². The van der Waals surface area contributed by atoms with E-state index >= 15 is 0 Å². The maximum atomic E-state index is 10.8. The lowest BCUT2D eigenvalue weighted by Crippen LogP contribution is -2.27. The fourth-order valence-electron chi connectivity index (χ4n) is 0.840. The number of nitrogens with one attached hydrogen (secondary N) is 2. The van der Waals surface area contributed by atoms with Crippen LogP contribution in [0.2, 0.25) is 0 Å². The van der Waals surface area contributed by atoms with Gasteiger partial charge in [0.1, 0.15) is 6.04 Å². The molecule has 4 N–H and O–H groups in total. The summed E-state index contributed by atoms with van der Waals surface area (Å²) < 4.78 is 0. The second-order valence-corrected chi connectivity index (χ2v) is 2.18. The lowest BCUT2D eigenvalue weighted by molar-refractivity contribution is -0.120. The molecule has 1 aliphatic heterocycles. The summed E-state index contributed by atoms with van der Waals surface area (Å²) in [5.41, 5.74) is 5.06. The SMILES string of the molecule is NC=CCC1NC(=O)NC1=O. The predicted octanol–water partition coefficient (Wildman–Crippen LogP) is -0.943. The van der Waals surface area contributed by atoms with Crippen molar-refractivity contribution in [2.24, 2.45) is 5.73 Å². The van der Waals surface area contributed by atoms with Crippen molar-refractivity contribution in [3.63, 3.8) is 0 Å². The summed E-state index contributed by atoms with van der Waals surface area (Å²) in [6.45, 7) is 0. The molecule has 3 amide bonds. The van der Waals surface area contributed by atoms with Gasteiger partial charge in [-0.3, -0.25) is 10.1 Å². The van der Waals surface area contributed by atoms with Gasteiger partial charge in [0.25, 0.3) is 5.91 Å². The molecule has 0 aromatic rings. The van der Waals surface area contributed by atoms with E-state index in [1.807, 2.05) is 0 Å². The zero-order valence-electron chi connectivity index (χ0n) is 5.83. The average molecular weight is 155 g/mol. The molecule has 0 aliphatic carbocycles. The summed E-state index contributed by atoms with van der Waals surface area (Å²) in [6, 6.07) is -0.896. The maximum absolute atomic E-state index is 10.8. The van der Waals surface area contributed by atoms with Gasteiger partial charge in [-0.05, 0) is 12.6 Å². The quantitative estimate of drug-likeness (QED) is 0.450. The van der Waals surface area contributed by atoms with Crippen molar-refractivity contribution in [2.45, 2.75) is 12.5 Å². The fraction of sp³-hybridized carbons (Fsp3) is 0.333. The van der Waals surface area contributed by atoms with Crippen molar-refractivity contribution in [2.75, 3.05) is 0 Å². The van der Waals surface area contributed by atoms with Gasteiger partial charge < -0.3 is 11.1 Å². The molecule has 0 aromatic heterocycles. The van der Waals surface area contributed by atoms with Gasteiger partial charge in [-0.1, -0.05) is 6.08 Å². The van der Waals surface area contributed by atoms with Crippen LogP contribution in [0.4, 0.5) is 4.79 Å². The minimum absolute atomic E-state index is 0.298. The number of nitrogens with two attached hydrogens (primary N) is 1. The van der Waals surface area contributed by atoms with Crippen molar-refractivity contribution < 1.29 is 9.59 Å². The van der Waals surface area contributed by atoms with Crippen LogP contribution in [0.3, 0.4) is 0 Å². The Balaban J connectivity index is 2.47. The summed E-state index contributed by atoms with van der Waals surface area (Å²) in [5.74, 6) is -0.298. The number of hydrogen-bond acceptors (Lipinski definition) is 3. The van der Waals surface area contributed by atoms with Crippen LogP contribution in [-0.4, -0.2) is 18.0 Å². The third-order valence-corrected chi connectivity index (χ3v) is 1.37. The smallest absolute Gasteiger partial charge is 0.322 e. The van der Waals surface area contributed by atoms with Gasteiger partial charge >= 0.3 is 6.03 Å². The highest BCUT2D eigenvalue weighted by Crippen LogP contribution is 1.98. The maximum Gasteiger partial charge on any atom is 0.322 e. The Labute approximate surface area is 63.6 Å². The second kappa shape index (κ2) is 3.05. The number of carbonyl (C=O) groups is 2. The molecule has 1 saturated heterocycles. The monoisotopic (exact) mass is 155 g/mol.